The average Bonchev–Trinajstić information content (AvgIpc) is 2.91. The second kappa shape index (κ2) is 4.38. The van der Waals surface area contributed by atoms with Crippen molar-refractivity contribution in [1.82, 2.24) is 0 Å². The molecule has 1 amide bonds. The minimum atomic E-state index is 0.152. The van der Waals surface area contributed by atoms with Gasteiger partial charge in [0, 0.05) is 23.2 Å². The number of amides is 1. The van der Waals surface area contributed by atoms with Gasteiger partial charge in [-0.1, -0.05) is 13.0 Å². The minimum absolute atomic E-state index is 0.152. The van der Waals surface area contributed by atoms with Gasteiger partial charge in [0.2, 0.25) is 5.91 Å². The SMILES string of the molecule is CCc1cc(-c2ccc3c(c2)CC(=O)N3C)c(N)s1. The maximum atomic E-state index is 11.7. The zero-order valence-corrected chi connectivity index (χ0v) is 11.9. The molecular weight excluding hydrogens is 256 g/mol. The Kier molecular flexibility index (Phi) is 2.82. The second-order valence-corrected chi connectivity index (χ2v) is 5.99. The van der Waals surface area contributed by atoms with Crippen LogP contribution < -0.4 is 10.6 Å². The van der Waals surface area contributed by atoms with Gasteiger partial charge in [-0.05, 0) is 35.7 Å². The van der Waals surface area contributed by atoms with E-state index in [0.717, 1.165) is 33.8 Å². The molecule has 1 aliphatic heterocycles. The van der Waals surface area contributed by atoms with E-state index < -0.39 is 0 Å². The Hall–Kier alpha value is -1.81. The number of rotatable bonds is 2. The van der Waals surface area contributed by atoms with Crippen molar-refractivity contribution in [3.63, 3.8) is 0 Å². The monoisotopic (exact) mass is 272 g/mol. The predicted molar refractivity (Wildman–Crippen MR) is 80.7 cm³/mol. The van der Waals surface area contributed by atoms with Crippen LogP contribution in [0.4, 0.5) is 10.7 Å². The van der Waals surface area contributed by atoms with Crippen LogP contribution in [-0.2, 0) is 17.6 Å². The quantitative estimate of drug-likeness (QED) is 0.913. The molecule has 0 atom stereocenters. The summed E-state index contributed by atoms with van der Waals surface area (Å²) in [5.41, 5.74) is 10.4. The van der Waals surface area contributed by atoms with E-state index in [0.29, 0.717) is 6.42 Å². The van der Waals surface area contributed by atoms with E-state index in [-0.39, 0.29) is 5.91 Å². The normalized spacial score (nSPS) is 14.0. The maximum absolute atomic E-state index is 11.7. The van der Waals surface area contributed by atoms with E-state index in [2.05, 4.69) is 19.1 Å². The highest BCUT2D eigenvalue weighted by Gasteiger charge is 2.24. The average molecular weight is 272 g/mol. The zero-order chi connectivity index (χ0) is 13.6. The molecule has 4 heteroatoms. The number of carbonyl (C=O) groups is 1. The number of fused-ring (bicyclic) bond motifs is 1. The summed E-state index contributed by atoms with van der Waals surface area (Å²) in [6.45, 7) is 2.13. The molecule has 0 fully saturated rings. The van der Waals surface area contributed by atoms with Crippen molar-refractivity contribution in [3.8, 4) is 11.1 Å². The highest BCUT2D eigenvalue weighted by molar-refractivity contribution is 7.16. The molecule has 1 aliphatic rings. The summed E-state index contributed by atoms with van der Waals surface area (Å²) in [6, 6.07) is 8.31. The smallest absolute Gasteiger partial charge is 0.231 e. The first-order valence-corrected chi connectivity index (χ1v) is 7.20. The number of benzene rings is 1. The summed E-state index contributed by atoms with van der Waals surface area (Å²) in [6.07, 6.45) is 1.49. The lowest BCUT2D eigenvalue weighted by Gasteiger charge is -2.10. The lowest BCUT2D eigenvalue weighted by Crippen LogP contribution is -2.20. The van der Waals surface area contributed by atoms with Crippen LogP contribution in [0.25, 0.3) is 11.1 Å². The van der Waals surface area contributed by atoms with E-state index in [1.54, 1.807) is 16.2 Å². The molecule has 2 heterocycles. The van der Waals surface area contributed by atoms with Gasteiger partial charge in [0.1, 0.15) is 0 Å². The van der Waals surface area contributed by atoms with E-state index in [1.807, 2.05) is 19.2 Å². The van der Waals surface area contributed by atoms with Crippen LogP contribution in [0, 0.1) is 0 Å². The van der Waals surface area contributed by atoms with Crippen LogP contribution in [0.5, 0.6) is 0 Å². The van der Waals surface area contributed by atoms with Crippen LogP contribution in [0.2, 0.25) is 0 Å². The fourth-order valence-electron chi connectivity index (χ4n) is 2.50. The molecule has 0 saturated carbocycles. The van der Waals surface area contributed by atoms with E-state index in [1.165, 1.54) is 4.88 Å². The third-order valence-corrected chi connectivity index (χ3v) is 4.74. The fraction of sp³-hybridized carbons (Fsp3) is 0.267. The highest BCUT2D eigenvalue weighted by atomic mass is 32.1. The molecule has 19 heavy (non-hydrogen) atoms. The molecule has 2 aromatic rings. The van der Waals surface area contributed by atoms with Crippen molar-refractivity contribution in [2.45, 2.75) is 19.8 Å². The molecule has 2 N–H and O–H groups in total. The molecule has 1 aromatic carbocycles. The standard InChI is InChI=1S/C15H16N2OS/c1-3-11-8-12(15(16)19-11)9-4-5-13-10(6-9)7-14(18)17(13)2/h4-6,8H,3,7,16H2,1-2H3. The van der Waals surface area contributed by atoms with Gasteiger partial charge in [-0.15, -0.1) is 11.3 Å². The number of anilines is 2. The topological polar surface area (TPSA) is 46.3 Å². The maximum Gasteiger partial charge on any atom is 0.231 e. The van der Waals surface area contributed by atoms with Gasteiger partial charge in [0.15, 0.2) is 0 Å². The number of carbonyl (C=O) groups excluding carboxylic acids is 1. The van der Waals surface area contributed by atoms with Gasteiger partial charge in [0.25, 0.3) is 0 Å². The van der Waals surface area contributed by atoms with Crippen molar-refractivity contribution in [2.24, 2.45) is 0 Å². The predicted octanol–water partition coefficient (Wildman–Crippen LogP) is 3.08. The Morgan fingerprint density at radius 2 is 2.16 bits per heavy atom. The largest absolute Gasteiger partial charge is 0.390 e. The second-order valence-electron chi connectivity index (χ2n) is 4.82. The number of aryl methyl sites for hydroxylation is 1. The zero-order valence-electron chi connectivity index (χ0n) is 11.1. The lowest BCUT2D eigenvalue weighted by molar-refractivity contribution is -0.117. The van der Waals surface area contributed by atoms with Crippen LogP contribution in [0.1, 0.15) is 17.4 Å². The van der Waals surface area contributed by atoms with E-state index in [4.69, 9.17) is 5.73 Å². The van der Waals surface area contributed by atoms with Crippen molar-refractivity contribution in [2.75, 3.05) is 17.7 Å². The Bertz CT molecular complexity index is 660. The number of likely N-dealkylation sites (N-methyl/N-ethyl adjacent to an activating group) is 1. The summed E-state index contributed by atoms with van der Waals surface area (Å²) < 4.78 is 0. The molecule has 0 radical (unpaired) electrons. The molecule has 0 spiro atoms. The van der Waals surface area contributed by atoms with Crippen LogP contribution >= 0.6 is 11.3 Å². The molecule has 0 aliphatic carbocycles. The molecule has 0 saturated heterocycles. The summed E-state index contributed by atoms with van der Waals surface area (Å²) in [4.78, 5) is 14.7. The summed E-state index contributed by atoms with van der Waals surface area (Å²) in [7, 11) is 1.82. The van der Waals surface area contributed by atoms with Crippen LogP contribution in [0.15, 0.2) is 24.3 Å². The van der Waals surface area contributed by atoms with E-state index >= 15 is 0 Å². The number of nitrogens with two attached hydrogens (primary N) is 1. The fourth-order valence-corrected chi connectivity index (χ4v) is 3.39. The molecule has 1 aromatic heterocycles. The van der Waals surface area contributed by atoms with Crippen molar-refractivity contribution in [1.29, 1.82) is 0 Å². The molecule has 98 valence electrons. The third kappa shape index (κ3) is 1.92. The van der Waals surface area contributed by atoms with Crippen molar-refractivity contribution >= 4 is 27.9 Å². The van der Waals surface area contributed by atoms with Crippen LogP contribution in [-0.4, -0.2) is 13.0 Å². The highest BCUT2D eigenvalue weighted by Crippen LogP contribution is 2.37. The number of thiophene rings is 1. The van der Waals surface area contributed by atoms with Crippen molar-refractivity contribution < 1.29 is 4.79 Å². The molecular formula is C15H16N2OS. The van der Waals surface area contributed by atoms with Gasteiger partial charge in [-0.25, -0.2) is 0 Å². The Balaban J connectivity index is 2.06. The van der Waals surface area contributed by atoms with E-state index in [9.17, 15) is 4.79 Å². The number of nitrogen functional groups attached to an aromatic ring is 1. The van der Waals surface area contributed by atoms with Gasteiger partial charge >= 0.3 is 0 Å². The molecule has 0 bridgehead atoms. The Labute approximate surface area is 116 Å². The first-order chi connectivity index (χ1) is 9.10. The third-order valence-electron chi connectivity index (χ3n) is 3.63. The Morgan fingerprint density at radius 3 is 2.84 bits per heavy atom. The molecule has 3 nitrogen and oxygen atoms in total. The summed E-state index contributed by atoms with van der Waals surface area (Å²) in [5, 5.41) is 0.856. The van der Waals surface area contributed by atoms with Gasteiger partial charge < -0.3 is 10.6 Å². The van der Waals surface area contributed by atoms with Gasteiger partial charge in [-0.3, -0.25) is 4.79 Å². The molecule has 3 rings (SSSR count). The summed E-state index contributed by atoms with van der Waals surface area (Å²) in [5.74, 6) is 0.152. The van der Waals surface area contributed by atoms with Gasteiger partial charge in [-0.2, -0.15) is 0 Å². The first-order valence-electron chi connectivity index (χ1n) is 6.38. The summed E-state index contributed by atoms with van der Waals surface area (Å²) >= 11 is 1.64. The number of hydrogen-bond donors (Lipinski definition) is 1. The first kappa shape index (κ1) is 12.2. The van der Waals surface area contributed by atoms with Crippen molar-refractivity contribution in [3.05, 3.63) is 34.7 Å². The van der Waals surface area contributed by atoms with Crippen LogP contribution in [0.3, 0.4) is 0 Å². The number of hydrogen-bond acceptors (Lipinski definition) is 3. The number of nitrogens with zero attached hydrogens (tertiary/aromatic N) is 1. The molecule has 0 unspecified atom stereocenters. The minimum Gasteiger partial charge on any atom is -0.390 e. The lowest BCUT2D eigenvalue weighted by atomic mass is 10.0. The Morgan fingerprint density at radius 1 is 1.37 bits per heavy atom. The van der Waals surface area contributed by atoms with Gasteiger partial charge in [0.05, 0.1) is 11.4 Å².